The number of carboxylic acids is 1. The van der Waals surface area contributed by atoms with Crippen LogP contribution in [0.1, 0.15) is 54.3 Å². The first kappa shape index (κ1) is 26.4. The Morgan fingerprint density at radius 2 is 1.52 bits per heavy atom. The molecule has 0 radical (unpaired) electrons. The maximum atomic E-state index is 11.5. The largest absolute Gasteiger partial charge is 0.490 e. The van der Waals surface area contributed by atoms with E-state index in [0.717, 1.165) is 23.2 Å². The molecule has 0 aromatic heterocycles. The first-order valence-electron chi connectivity index (χ1n) is 10.9. The molecule has 3 aromatic carbocycles. The van der Waals surface area contributed by atoms with Crippen molar-refractivity contribution in [2.24, 2.45) is 0 Å². The van der Waals surface area contributed by atoms with Crippen molar-refractivity contribution in [3.8, 4) is 16.9 Å². The number of rotatable bonds is 10. The van der Waals surface area contributed by atoms with Gasteiger partial charge in [0.05, 0.1) is 12.2 Å². The van der Waals surface area contributed by atoms with Gasteiger partial charge in [0.2, 0.25) is 0 Å². The Morgan fingerprint density at radius 1 is 0.879 bits per heavy atom. The molecule has 0 aliphatic heterocycles. The quantitative estimate of drug-likeness (QED) is 0.355. The Kier molecular flexibility index (Phi) is 9.92. The van der Waals surface area contributed by atoms with Crippen molar-refractivity contribution < 1.29 is 19.7 Å². The molecule has 0 saturated heterocycles. The average Bonchev–Trinajstić information content (AvgIpc) is 2.79. The molecule has 33 heavy (non-hydrogen) atoms. The van der Waals surface area contributed by atoms with E-state index in [1.165, 1.54) is 5.56 Å². The van der Waals surface area contributed by atoms with Crippen LogP contribution in [0, 0.1) is 0 Å². The van der Waals surface area contributed by atoms with Gasteiger partial charge in [-0.25, -0.2) is 4.79 Å². The van der Waals surface area contributed by atoms with Gasteiger partial charge in [-0.1, -0.05) is 67.6 Å². The second kappa shape index (κ2) is 12.4. The van der Waals surface area contributed by atoms with Crippen LogP contribution in [-0.4, -0.2) is 35.4 Å². The van der Waals surface area contributed by atoms with Crippen molar-refractivity contribution in [1.82, 2.24) is 5.32 Å². The Morgan fingerprint density at radius 3 is 2.12 bits per heavy atom. The minimum absolute atomic E-state index is 0. The van der Waals surface area contributed by atoms with E-state index in [9.17, 15) is 15.0 Å². The fourth-order valence-electron chi connectivity index (χ4n) is 3.58. The SMILES string of the molecule is CC(C)Oc1cc(-c2ccc(C(C)CNC[C@@H](O)c3ccccc3)cc2)ccc1C(=O)O.Cl. The zero-order chi connectivity index (χ0) is 23.1. The van der Waals surface area contributed by atoms with E-state index in [4.69, 9.17) is 4.74 Å². The molecule has 0 aliphatic rings. The number of halogens is 1. The molecule has 3 rings (SSSR count). The number of carbonyl (C=O) groups is 1. The lowest BCUT2D eigenvalue weighted by molar-refractivity contribution is 0.0690. The fourth-order valence-corrected chi connectivity index (χ4v) is 3.58. The normalized spacial score (nSPS) is 12.6. The lowest BCUT2D eigenvalue weighted by Gasteiger charge is -2.17. The van der Waals surface area contributed by atoms with Gasteiger partial charge in [-0.3, -0.25) is 0 Å². The predicted octanol–water partition coefficient (Wildman–Crippen LogP) is 5.69. The molecule has 5 nitrogen and oxygen atoms in total. The second-order valence-electron chi connectivity index (χ2n) is 8.29. The lowest BCUT2D eigenvalue weighted by atomic mass is 9.96. The highest BCUT2D eigenvalue weighted by molar-refractivity contribution is 5.92. The summed E-state index contributed by atoms with van der Waals surface area (Å²) in [4.78, 5) is 11.5. The number of aliphatic hydroxyl groups is 1. The molecule has 6 heteroatoms. The van der Waals surface area contributed by atoms with Crippen LogP contribution in [0.5, 0.6) is 5.75 Å². The van der Waals surface area contributed by atoms with Gasteiger partial charge < -0.3 is 20.3 Å². The second-order valence-corrected chi connectivity index (χ2v) is 8.29. The molecule has 0 spiro atoms. The van der Waals surface area contributed by atoms with E-state index >= 15 is 0 Å². The molecule has 0 saturated carbocycles. The predicted molar refractivity (Wildman–Crippen MR) is 135 cm³/mol. The summed E-state index contributed by atoms with van der Waals surface area (Å²) >= 11 is 0. The number of nitrogens with one attached hydrogen (secondary N) is 1. The summed E-state index contributed by atoms with van der Waals surface area (Å²) < 4.78 is 5.72. The molecule has 0 fully saturated rings. The highest BCUT2D eigenvalue weighted by atomic mass is 35.5. The minimum atomic E-state index is -0.999. The average molecular weight is 470 g/mol. The van der Waals surface area contributed by atoms with Crippen molar-refractivity contribution in [1.29, 1.82) is 0 Å². The van der Waals surface area contributed by atoms with Crippen LogP contribution in [0.4, 0.5) is 0 Å². The number of carboxylic acid groups (broad SMARTS) is 1. The standard InChI is InChI=1S/C27H31NO4.ClH/c1-18(2)32-26-15-23(13-14-24(26)27(30)31)21-11-9-20(10-12-21)19(3)16-28-17-25(29)22-7-5-4-6-8-22;/h4-15,18-19,25,28-29H,16-17H2,1-3H3,(H,30,31);1H/t19?,25-;/m1./s1. The van der Waals surface area contributed by atoms with Gasteiger partial charge in [-0.2, -0.15) is 0 Å². The molecular weight excluding hydrogens is 438 g/mol. The van der Waals surface area contributed by atoms with Gasteiger partial charge in [0.15, 0.2) is 0 Å². The number of hydrogen-bond donors (Lipinski definition) is 3. The van der Waals surface area contributed by atoms with Gasteiger partial charge in [0, 0.05) is 13.1 Å². The molecule has 0 amide bonds. The maximum Gasteiger partial charge on any atom is 0.339 e. The Balaban J connectivity index is 0.00000385. The number of aliphatic hydroxyl groups excluding tert-OH is 1. The third-order valence-electron chi connectivity index (χ3n) is 5.36. The number of aromatic carboxylic acids is 1. The van der Waals surface area contributed by atoms with Gasteiger partial charge in [-0.15, -0.1) is 12.4 Å². The molecule has 0 heterocycles. The van der Waals surface area contributed by atoms with Crippen molar-refractivity contribution in [3.63, 3.8) is 0 Å². The van der Waals surface area contributed by atoms with E-state index in [1.54, 1.807) is 12.1 Å². The first-order chi connectivity index (χ1) is 15.3. The third kappa shape index (κ3) is 7.32. The lowest BCUT2D eigenvalue weighted by Crippen LogP contribution is -2.25. The fraction of sp³-hybridized carbons (Fsp3) is 0.296. The summed E-state index contributed by atoms with van der Waals surface area (Å²) in [6, 6.07) is 23.1. The summed E-state index contributed by atoms with van der Waals surface area (Å²) in [6.45, 7) is 7.15. The number of hydrogen-bond acceptors (Lipinski definition) is 4. The molecule has 0 bridgehead atoms. The van der Waals surface area contributed by atoms with Crippen molar-refractivity contribution >= 4 is 18.4 Å². The van der Waals surface area contributed by atoms with Gasteiger partial charge in [0.25, 0.3) is 0 Å². The molecule has 2 atom stereocenters. The summed E-state index contributed by atoms with van der Waals surface area (Å²) in [7, 11) is 0. The summed E-state index contributed by atoms with van der Waals surface area (Å²) in [6.07, 6.45) is -0.638. The van der Waals surface area contributed by atoms with E-state index in [-0.39, 0.29) is 30.0 Å². The summed E-state index contributed by atoms with van der Waals surface area (Å²) in [5, 5.41) is 23.0. The molecular formula is C27H32ClNO4. The molecule has 176 valence electrons. The van der Waals surface area contributed by atoms with Crippen LogP contribution in [0.25, 0.3) is 11.1 Å². The smallest absolute Gasteiger partial charge is 0.339 e. The van der Waals surface area contributed by atoms with Crippen molar-refractivity contribution in [3.05, 3.63) is 89.5 Å². The monoisotopic (exact) mass is 469 g/mol. The third-order valence-corrected chi connectivity index (χ3v) is 5.36. The van der Waals surface area contributed by atoms with Crippen LogP contribution in [-0.2, 0) is 0 Å². The summed E-state index contributed by atoms with van der Waals surface area (Å²) in [5.41, 5.74) is 4.17. The van der Waals surface area contributed by atoms with Crippen LogP contribution in [0.2, 0.25) is 0 Å². The van der Waals surface area contributed by atoms with E-state index in [1.807, 2.05) is 62.4 Å². The minimum Gasteiger partial charge on any atom is -0.490 e. The van der Waals surface area contributed by atoms with Crippen molar-refractivity contribution in [2.75, 3.05) is 13.1 Å². The molecule has 3 N–H and O–H groups in total. The van der Waals surface area contributed by atoms with Crippen LogP contribution < -0.4 is 10.1 Å². The van der Waals surface area contributed by atoms with Gasteiger partial charge >= 0.3 is 5.97 Å². The summed E-state index contributed by atoms with van der Waals surface area (Å²) in [5.74, 6) is -0.342. The number of benzene rings is 3. The van der Waals surface area contributed by atoms with E-state index in [0.29, 0.717) is 12.3 Å². The van der Waals surface area contributed by atoms with Gasteiger partial charge in [0.1, 0.15) is 11.3 Å². The Hall–Kier alpha value is -2.86. The van der Waals surface area contributed by atoms with E-state index in [2.05, 4.69) is 24.4 Å². The van der Waals surface area contributed by atoms with Crippen LogP contribution in [0.3, 0.4) is 0 Å². The molecule has 0 aliphatic carbocycles. The zero-order valence-electron chi connectivity index (χ0n) is 19.2. The first-order valence-corrected chi connectivity index (χ1v) is 10.9. The zero-order valence-corrected chi connectivity index (χ0v) is 20.0. The Labute approximate surface area is 201 Å². The van der Waals surface area contributed by atoms with Crippen molar-refractivity contribution in [2.45, 2.75) is 38.9 Å². The van der Waals surface area contributed by atoms with Gasteiger partial charge in [-0.05, 0) is 54.2 Å². The Bertz CT molecular complexity index is 1020. The number of ether oxygens (including phenoxy) is 1. The molecule has 3 aromatic rings. The van der Waals surface area contributed by atoms with Crippen LogP contribution in [0.15, 0.2) is 72.8 Å². The molecule has 1 unspecified atom stereocenters. The maximum absolute atomic E-state index is 11.5. The highest BCUT2D eigenvalue weighted by Gasteiger charge is 2.14. The topological polar surface area (TPSA) is 78.8 Å². The highest BCUT2D eigenvalue weighted by Crippen LogP contribution is 2.29. The van der Waals surface area contributed by atoms with E-state index < -0.39 is 12.1 Å². The van der Waals surface area contributed by atoms with Crippen LogP contribution >= 0.6 is 12.4 Å².